The highest BCUT2D eigenvalue weighted by molar-refractivity contribution is 5.99. The zero-order chi connectivity index (χ0) is 49.4. The van der Waals surface area contributed by atoms with E-state index in [1.54, 1.807) is 0 Å². The predicted octanol–water partition coefficient (Wildman–Crippen LogP) is 19.1. The third-order valence-electron chi connectivity index (χ3n) is 16.1. The summed E-state index contributed by atoms with van der Waals surface area (Å²) in [5.74, 6) is 0. The number of nitrogens with zero attached hydrogens (tertiary/aromatic N) is 2. The molecule has 350 valence electrons. The Bertz CT molecular complexity index is 3660. The second kappa shape index (κ2) is 17.3. The molecular formula is C70H60N2. The van der Waals surface area contributed by atoms with Crippen molar-refractivity contribution in [3.8, 4) is 44.5 Å². The highest BCUT2D eigenvalue weighted by atomic mass is 15.2. The molecule has 2 nitrogen and oxygen atoms in total. The molecule has 3 aliphatic carbocycles. The molecule has 0 saturated carbocycles. The lowest BCUT2D eigenvalue weighted by molar-refractivity contribution is 0.635. The standard InChI is InChI=1S/C70H60N2/c1-47-23-11-8-16-28-50-37-38-56(43-63(50)68(47,2)3)72(54-32-22-30-52(42-54)49-26-14-10-15-27-49)66-46-57(45-65-67(66)60-34-18-20-36-62(60)70(65,6)7)71(53-31-21-29-51(41-53)48-24-12-9-13-25-48)55-39-40-59-58-33-17-19-35-61(58)69(4,5)64(59)44-55/h8-27,29-46H,1,28H2,2-7H3/b16-8-,23-11-. The number of allylic oxidation sites excluding steroid dienone is 5. The molecule has 0 bridgehead atoms. The largest absolute Gasteiger partial charge is 0.310 e. The van der Waals surface area contributed by atoms with Gasteiger partial charge >= 0.3 is 0 Å². The summed E-state index contributed by atoms with van der Waals surface area (Å²) >= 11 is 0. The SMILES string of the molecule is C=C1/C=C\C=C/Cc2ccc(N(c3cccc(-c4ccccc4)c3)c3cc(N(c4cccc(-c5ccccc5)c4)c4ccc5c(c4)C(C)(C)c4ccccc4-5)cc4c3-c3ccccc3C4(C)C)cc2C1(C)C. The summed E-state index contributed by atoms with van der Waals surface area (Å²) < 4.78 is 0. The molecule has 9 aromatic rings. The molecule has 0 radical (unpaired) electrons. The Morgan fingerprint density at radius 1 is 0.361 bits per heavy atom. The summed E-state index contributed by atoms with van der Waals surface area (Å²) in [6.45, 7) is 18.9. The van der Waals surface area contributed by atoms with Crippen LogP contribution in [0, 0.1) is 0 Å². The van der Waals surface area contributed by atoms with E-state index in [0.29, 0.717) is 0 Å². The Hall–Kier alpha value is -8.20. The number of rotatable bonds is 8. The number of hydrogen-bond donors (Lipinski definition) is 0. The molecule has 9 aromatic carbocycles. The highest BCUT2D eigenvalue weighted by Crippen LogP contribution is 2.58. The van der Waals surface area contributed by atoms with Crippen molar-refractivity contribution in [3.05, 3.63) is 276 Å². The van der Waals surface area contributed by atoms with Crippen molar-refractivity contribution in [2.75, 3.05) is 9.80 Å². The first-order chi connectivity index (χ1) is 34.9. The van der Waals surface area contributed by atoms with Gasteiger partial charge in [0.2, 0.25) is 0 Å². The van der Waals surface area contributed by atoms with Gasteiger partial charge in [0.25, 0.3) is 0 Å². The molecule has 2 heteroatoms. The third kappa shape index (κ3) is 7.39. The van der Waals surface area contributed by atoms with Crippen molar-refractivity contribution in [2.24, 2.45) is 0 Å². The second-order valence-electron chi connectivity index (χ2n) is 21.4. The minimum absolute atomic E-state index is 0.180. The van der Waals surface area contributed by atoms with Crippen LogP contribution in [0.15, 0.2) is 243 Å². The predicted molar refractivity (Wildman–Crippen MR) is 306 cm³/mol. The molecule has 0 N–H and O–H groups in total. The van der Waals surface area contributed by atoms with E-state index in [2.05, 4.69) is 288 Å². The maximum absolute atomic E-state index is 4.65. The summed E-state index contributed by atoms with van der Waals surface area (Å²) in [6.07, 6.45) is 9.57. The topological polar surface area (TPSA) is 6.48 Å². The summed E-state index contributed by atoms with van der Waals surface area (Å²) in [4.78, 5) is 5.06. The van der Waals surface area contributed by atoms with E-state index in [1.165, 1.54) is 77.9 Å². The van der Waals surface area contributed by atoms with Gasteiger partial charge in [-0.15, -0.1) is 0 Å². The van der Waals surface area contributed by atoms with Gasteiger partial charge in [-0.2, -0.15) is 0 Å². The van der Waals surface area contributed by atoms with E-state index >= 15 is 0 Å². The number of benzene rings is 9. The van der Waals surface area contributed by atoms with Crippen molar-refractivity contribution >= 4 is 34.1 Å². The maximum atomic E-state index is 4.65. The summed E-state index contributed by atoms with van der Waals surface area (Å²) in [5, 5.41) is 0. The van der Waals surface area contributed by atoms with Gasteiger partial charge in [-0.1, -0.05) is 218 Å². The smallest absolute Gasteiger partial charge is 0.0564 e. The summed E-state index contributed by atoms with van der Waals surface area (Å²) in [6, 6.07) is 77.1. The average Bonchev–Trinajstić information content (AvgIpc) is 3.80. The maximum Gasteiger partial charge on any atom is 0.0564 e. The van der Waals surface area contributed by atoms with Crippen molar-refractivity contribution in [1.82, 2.24) is 0 Å². The zero-order valence-electron chi connectivity index (χ0n) is 42.2. The Morgan fingerprint density at radius 2 is 0.861 bits per heavy atom. The van der Waals surface area contributed by atoms with E-state index in [4.69, 9.17) is 0 Å². The fourth-order valence-corrected chi connectivity index (χ4v) is 12.0. The van der Waals surface area contributed by atoms with Gasteiger partial charge in [-0.25, -0.2) is 0 Å². The molecule has 0 aromatic heterocycles. The van der Waals surface area contributed by atoms with Gasteiger partial charge < -0.3 is 9.80 Å². The monoisotopic (exact) mass is 928 g/mol. The molecule has 0 heterocycles. The number of anilines is 6. The molecule has 0 fully saturated rings. The van der Waals surface area contributed by atoms with Gasteiger partial charge in [-0.05, 0) is 145 Å². The van der Waals surface area contributed by atoms with Crippen LogP contribution in [0.4, 0.5) is 34.1 Å². The molecule has 3 aliphatic rings. The van der Waals surface area contributed by atoms with E-state index in [1.807, 2.05) is 0 Å². The van der Waals surface area contributed by atoms with Gasteiger partial charge in [0.1, 0.15) is 0 Å². The molecule has 0 atom stereocenters. The zero-order valence-corrected chi connectivity index (χ0v) is 42.2. The molecule has 12 rings (SSSR count). The quantitative estimate of drug-likeness (QED) is 0.150. The van der Waals surface area contributed by atoms with Crippen LogP contribution in [0.3, 0.4) is 0 Å². The number of hydrogen-bond acceptors (Lipinski definition) is 2. The van der Waals surface area contributed by atoms with E-state index in [0.717, 1.165) is 46.1 Å². The molecule has 0 saturated heterocycles. The van der Waals surface area contributed by atoms with Crippen molar-refractivity contribution in [2.45, 2.75) is 64.2 Å². The van der Waals surface area contributed by atoms with Gasteiger partial charge in [0.15, 0.2) is 0 Å². The lowest BCUT2D eigenvalue weighted by atomic mass is 9.75. The van der Waals surface area contributed by atoms with Gasteiger partial charge in [-0.3, -0.25) is 0 Å². The highest BCUT2D eigenvalue weighted by Gasteiger charge is 2.40. The van der Waals surface area contributed by atoms with Crippen molar-refractivity contribution < 1.29 is 0 Å². The Balaban J connectivity index is 1.16. The average molecular weight is 929 g/mol. The van der Waals surface area contributed by atoms with Crippen LogP contribution >= 0.6 is 0 Å². The molecule has 0 spiro atoms. The Labute approximate surface area is 426 Å². The van der Waals surface area contributed by atoms with E-state index < -0.39 is 0 Å². The fraction of sp³-hybridized carbons (Fsp3) is 0.143. The first-order valence-corrected chi connectivity index (χ1v) is 25.5. The van der Waals surface area contributed by atoms with Gasteiger partial charge in [0, 0.05) is 50.2 Å². The lowest BCUT2D eigenvalue weighted by Crippen LogP contribution is -2.22. The number of fused-ring (bicyclic) bond motifs is 7. The van der Waals surface area contributed by atoms with E-state index in [9.17, 15) is 0 Å². The van der Waals surface area contributed by atoms with Crippen LogP contribution in [0.2, 0.25) is 0 Å². The van der Waals surface area contributed by atoms with Crippen LogP contribution < -0.4 is 9.80 Å². The molecular weight excluding hydrogens is 869 g/mol. The molecule has 0 amide bonds. The Kier molecular flexibility index (Phi) is 10.8. The molecule has 0 aliphatic heterocycles. The Morgan fingerprint density at radius 3 is 1.54 bits per heavy atom. The first-order valence-electron chi connectivity index (χ1n) is 25.5. The van der Waals surface area contributed by atoms with Crippen LogP contribution in [-0.4, -0.2) is 0 Å². The van der Waals surface area contributed by atoms with Gasteiger partial charge in [0.05, 0.1) is 5.69 Å². The first kappa shape index (κ1) is 45.0. The van der Waals surface area contributed by atoms with Crippen LogP contribution in [-0.2, 0) is 22.7 Å². The summed E-state index contributed by atoms with van der Waals surface area (Å²) in [7, 11) is 0. The second-order valence-corrected chi connectivity index (χ2v) is 21.4. The van der Waals surface area contributed by atoms with Crippen molar-refractivity contribution in [1.29, 1.82) is 0 Å². The minimum Gasteiger partial charge on any atom is -0.310 e. The lowest BCUT2D eigenvalue weighted by Gasteiger charge is -2.35. The summed E-state index contributed by atoms with van der Waals surface area (Å²) in [5.41, 5.74) is 24.7. The minimum atomic E-state index is -0.328. The van der Waals surface area contributed by atoms with Crippen molar-refractivity contribution in [3.63, 3.8) is 0 Å². The molecule has 0 unspecified atom stereocenters. The third-order valence-corrected chi connectivity index (χ3v) is 16.1. The fourth-order valence-electron chi connectivity index (χ4n) is 12.0. The van der Waals surface area contributed by atoms with Crippen LogP contribution in [0.5, 0.6) is 0 Å². The van der Waals surface area contributed by atoms with Crippen LogP contribution in [0.1, 0.15) is 74.9 Å². The molecule has 72 heavy (non-hydrogen) atoms. The normalized spacial score (nSPS) is 16.2. The van der Waals surface area contributed by atoms with E-state index in [-0.39, 0.29) is 16.2 Å². The van der Waals surface area contributed by atoms with Crippen LogP contribution in [0.25, 0.3) is 44.5 Å².